The maximum absolute atomic E-state index is 12.5. The first-order valence-electron chi connectivity index (χ1n) is 4.85. The fourth-order valence-electron chi connectivity index (χ4n) is 1.64. The molecule has 0 saturated carbocycles. The predicted molar refractivity (Wildman–Crippen MR) is 56.9 cm³/mol. The smallest absolute Gasteiger partial charge is 0.298 e. The Morgan fingerprint density at radius 1 is 1.29 bits per heavy atom. The van der Waals surface area contributed by atoms with Crippen molar-refractivity contribution in [2.75, 3.05) is 0 Å². The van der Waals surface area contributed by atoms with Crippen LogP contribution in [0, 0.1) is 6.92 Å². The van der Waals surface area contributed by atoms with Gasteiger partial charge in [-0.3, -0.25) is 9.78 Å². The van der Waals surface area contributed by atoms with Gasteiger partial charge < -0.3 is 0 Å². The fraction of sp³-hybridized carbons (Fsp3) is 0.167. The second-order valence-corrected chi connectivity index (χ2v) is 3.69. The largest absolute Gasteiger partial charge is 0.416 e. The first-order valence-corrected chi connectivity index (χ1v) is 4.85. The van der Waals surface area contributed by atoms with E-state index in [1.54, 1.807) is 6.92 Å². The summed E-state index contributed by atoms with van der Waals surface area (Å²) in [5, 5.41) is 0.351. The van der Waals surface area contributed by atoms with Crippen LogP contribution < -0.4 is 0 Å². The number of carbonyl (C=O) groups excluding carboxylic acids is 1. The van der Waals surface area contributed by atoms with Gasteiger partial charge in [-0.25, -0.2) is 0 Å². The molecule has 0 fully saturated rings. The minimum atomic E-state index is -4.39. The highest BCUT2D eigenvalue weighted by molar-refractivity contribution is 5.90. The zero-order valence-electron chi connectivity index (χ0n) is 8.88. The summed E-state index contributed by atoms with van der Waals surface area (Å²) in [6.45, 7) is 1.61. The number of nitrogens with zero attached hydrogens (tertiary/aromatic N) is 1. The van der Waals surface area contributed by atoms with E-state index in [0.29, 0.717) is 28.3 Å². The average molecular weight is 239 g/mol. The Balaban J connectivity index is 2.75. The van der Waals surface area contributed by atoms with Crippen LogP contribution in [0.5, 0.6) is 0 Å². The summed E-state index contributed by atoms with van der Waals surface area (Å²) in [6.07, 6.45) is -2.45. The van der Waals surface area contributed by atoms with Crippen LogP contribution in [0.15, 0.2) is 24.4 Å². The normalized spacial score (nSPS) is 11.8. The first kappa shape index (κ1) is 11.6. The highest BCUT2D eigenvalue weighted by Crippen LogP contribution is 2.32. The van der Waals surface area contributed by atoms with E-state index in [9.17, 15) is 18.0 Å². The number of aromatic nitrogens is 1. The molecule has 0 spiro atoms. The molecule has 1 heterocycles. The number of benzene rings is 1. The zero-order valence-corrected chi connectivity index (χ0v) is 8.88. The third-order valence-electron chi connectivity index (χ3n) is 2.63. The first-order chi connectivity index (χ1) is 7.93. The van der Waals surface area contributed by atoms with Gasteiger partial charge in [-0.05, 0) is 30.7 Å². The van der Waals surface area contributed by atoms with E-state index in [4.69, 9.17) is 0 Å². The number of aldehydes is 1. The predicted octanol–water partition coefficient (Wildman–Crippen LogP) is 3.37. The Bertz CT molecular complexity index is 590. The topological polar surface area (TPSA) is 30.0 Å². The molecule has 0 aliphatic heterocycles. The lowest BCUT2D eigenvalue weighted by Crippen LogP contribution is -2.05. The molecule has 0 radical (unpaired) electrons. The molecule has 0 saturated heterocycles. The molecule has 88 valence electrons. The molecule has 0 unspecified atom stereocenters. The molecule has 1 aromatic heterocycles. The van der Waals surface area contributed by atoms with Gasteiger partial charge in [-0.1, -0.05) is 0 Å². The zero-order chi connectivity index (χ0) is 12.6. The molecular formula is C12H8F3NO. The Hall–Kier alpha value is -1.91. The third kappa shape index (κ3) is 2.00. The standard InChI is InChI=1S/C12H8F3NO/c1-7-8(6-17)5-16-11-3-2-9(4-10(7)11)12(13,14)15/h2-6H,1H3. The van der Waals surface area contributed by atoms with Crippen LogP contribution in [0.4, 0.5) is 13.2 Å². The lowest BCUT2D eigenvalue weighted by molar-refractivity contribution is -0.137. The van der Waals surface area contributed by atoms with Crippen LogP contribution in [-0.4, -0.2) is 11.3 Å². The van der Waals surface area contributed by atoms with E-state index in [1.807, 2.05) is 0 Å². The van der Waals surface area contributed by atoms with Crippen LogP contribution in [0.25, 0.3) is 10.9 Å². The molecular weight excluding hydrogens is 231 g/mol. The molecule has 17 heavy (non-hydrogen) atoms. The Labute approximate surface area is 95.1 Å². The molecule has 0 amide bonds. The second kappa shape index (κ2) is 3.84. The van der Waals surface area contributed by atoms with Crippen molar-refractivity contribution in [2.24, 2.45) is 0 Å². The molecule has 2 nitrogen and oxygen atoms in total. The van der Waals surface area contributed by atoms with Crippen molar-refractivity contribution >= 4 is 17.2 Å². The molecule has 2 rings (SSSR count). The van der Waals surface area contributed by atoms with Crippen LogP contribution in [-0.2, 0) is 6.18 Å². The Kier molecular flexibility index (Phi) is 2.61. The SMILES string of the molecule is Cc1c(C=O)cnc2ccc(C(F)(F)F)cc12. The van der Waals surface area contributed by atoms with E-state index in [2.05, 4.69) is 4.98 Å². The summed E-state index contributed by atoms with van der Waals surface area (Å²) in [7, 11) is 0. The maximum Gasteiger partial charge on any atom is 0.416 e. The average Bonchev–Trinajstić information content (AvgIpc) is 2.28. The lowest BCUT2D eigenvalue weighted by atomic mass is 10.0. The van der Waals surface area contributed by atoms with Crippen molar-refractivity contribution in [1.29, 1.82) is 0 Å². The summed E-state index contributed by atoms with van der Waals surface area (Å²) in [5.74, 6) is 0. The number of rotatable bonds is 1. The number of pyridine rings is 1. The fourth-order valence-corrected chi connectivity index (χ4v) is 1.64. The van der Waals surface area contributed by atoms with Gasteiger partial charge in [0.15, 0.2) is 6.29 Å². The minimum Gasteiger partial charge on any atom is -0.298 e. The summed E-state index contributed by atoms with van der Waals surface area (Å²) in [4.78, 5) is 14.6. The van der Waals surface area contributed by atoms with Gasteiger partial charge in [0.1, 0.15) is 0 Å². The summed E-state index contributed by atoms with van der Waals surface area (Å²) in [6, 6.07) is 3.31. The molecule has 0 N–H and O–H groups in total. The molecule has 0 aliphatic rings. The molecule has 0 bridgehead atoms. The van der Waals surface area contributed by atoms with Crippen molar-refractivity contribution in [3.05, 3.63) is 41.1 Å². The number of aryl methyl sites for hydroxylation is 1. The summed E-state index contributed by atoms with van der Waals surface area (Å²) >= 11 is 0. The molecule has 5 heteroatoms. The van der Waals surface area contributed by atoms with E-state index in [1.165, 1.54) is 12.3 Å². The molecule has 1 aromatic carbocycles. The van der Waals surface area contributed by atoms with Gasteiger partial charge in [0.2, 0.25) is 0 Å². The van der Waals surface area contributed by atoms with E-state index < -0.39 is 11.7 Å². The van der Waals surface area contributed by atoms with Gasteiger partial charge in [0, 0.05) is 17.1 Å². The Morgan fingerprint density at radius 2 is 2.00 bits per heavy atom. The quantitative estimate of drug-likeness (QED) is 0.714. The van der Waals surface area contributed by atoms with Crippen molar-refractivity contribution in [3.8, 4) is 0 Å². The van der Waals surface area contributed by atoms with Gasteiger partial charge in [-0.15, -0.1) is 0 Å². The minimum absolute atomic E-state index is 0.303. The van der Waals surface area contributed by atoms with Gasteiger partial charge in [0.25, 0.3) is 0 Å². The number of alkyl halides is 3. The third-order valence-corrected chi connectivity index (χ3v) is 2.63. The monoisotopic (exact) mass is 239 g/mol. The van der Waals surface area contributed by atoms with Crippen molar-refractivity contribution in [3.63, 3.8) is 0 Å². The van der Waals surface area contributed by atoms with Crippen molar-refractivity contribution in [1.82, 2.24) is 4.98 Å². The van der Waals surface area contributed by atoms with Crippen LogP contribution in [0.2, 0.25) is 0 Å². The number of carbonyl (C=O) groups is 1. The van der Waals surface area contributed by atoms with Gasteiger partial charge in [-0.2, -0.15) is 13.2 Å². The van der Waals surface area contributed by atoms with E-state index in [0.717, 1.165) is 12.1 Å². The number of halogens is 3. The van der Waals surface area contributed by atoms with Crippen molar-refractivity contribution in [2.45, 2.75) is 13.1 Å². The summed E-state index contributed by atoms with van der Waals surface area (Å²) < 4.78 is 37.6. The van der Waals surface area contributed by atoms with E-state index in [-0.39, 0.29) is 0 Å². The maximum atomic E-state index is 12.5. The number of fused-ring (bicyclic) bond motifs is 1. The van der Waals surface area contributed by atoms with Gasteiger partial charge in [0.05, 0.1) is 11.1 Å². The van der Waals surface area contributed by atoms with Gasteiger partial charge >= 0.3 is 6.18 Å². The second-order valence-electron chi connectivity index (χ2n) is 3.69. The van der Waals surface area contributed by atoms with Crippen LogP contribution in [0.1, 0.15) is 21.5 Å². The van der Waals surface area contributed by atoms with Crippen molar-refractivity contribution < 1.29 is 18.0 Å². The van der Waals surface area contributed by atoms with E-state index >= 15 is 0 Å². The molecule has 0 atom stereocenters. The number of hydrogen-bond acceptors (Lipinski definition) is 2. The Morgan fingerprint density at radius 3 is 2.59 bits per heavy atom. The van der Waals surface area contributed by atoms with Crippen LogP contribution >= 0.6 is 0 Å². The lowest BCUT2D eigenvalue weighted by Gasteiger charge is -2.09. The highest BCUT2D eigenvalue weighted by Gasteiger charge is 2.30. The van der Waals surface area contributed by atoms with Crippen LogP contribution in [0.3, 0.4) is 0 Å². The number of hydrogen-bond donors (Lipinski definition) is 0. The molecule has 0 aliphatic carbocycles. The molecule has 2 aromatic rings. The summed E-state index contributed by atoms with van der Waals surface area (Å²) in [5.41, 5.74) is 0.520. The highest BCUT2D eigenvalue weighted by atomic mass is 19.4.